The molecule has 4 aromatic rings. The highest BCUT2D eigenvalue weighted by Gasteiger charge is 2.42. The maximum absolute atomic E-state index is 11.8. The number of nitrogens with one attached hydrogen (secondary N) is 1. The summed E-state index contributed by atoms with van der Waals surface area (Å²) >= 11 is 5.77. The van der Waals surface area contributed by atoms with Gasteiger partial charge >= 0.3 is 5.97 Å². The van der Waals surface area contributed by atoms with Crippen LogP contribution in [0.5, 0.6) is 5.75 Å². The molecule has 36 heavy (non-hydrogen) atoms. The van der Waals surface area contributed by atoms with Crippen LogP contribution in [0.3, 0.4) is 0 Å². The van der Waals surface area contributed by atoms with Gasteiger partial charge in [0.1, 0.15) is 23.3 Å². The van der Waals surface area contributed by atoms with Crippen LogP contribution < -0.4 is 15.0 Å². The Morgan fingerprint density at radius 2 is 1.81 bits per heavy atom. The standard InChI is InChI=1S/C28H25N3O4S/c1-17(2)34-19-12-10-18(11-13-19)31-26(25(30-28(31)36)22-9-5-6-16-29-22)24-15-14-23(35-24)20-7-3-4-8-21(20)27(32)33/h3-17,25-26H,1-2H3,(H,30,36)(H,32,33). The van der Waals surface area contributed by atoms with E-state index in [2.05, 4.69) is 10.3 Å². The molecule has 0 spiro atoms. The average Bonchev–Trinajstić information content (AvgIpc) is 3.49. The molecule has 0 radical (unpaired) electrons. The number of nitrogens with zero attached hydrogens (tertiary/aromatic N) is 2. The number of furan rings is 1. The van der Waals surface area contributed by atoms with E-state index in [1.807, 2.05) is 67.3 Å². The molecule has 2 aromatic carbocycles. The second-order valence-corrected chi connectivity index (χ2v) is 9.10. The van der Waals surface area contributed by atoms with Gasteiger partial charge in [-0.15, -0.1) is 0 Å². The van der Waals surface area contributed by atoms with Gasteiger partial charge in [-0.1, -0.05) is 24.3 Å². The minimum atomic E-state index is -1.01. The van der Waals surface area contributed by atoms with Crippen molar-refractivity contribution in [2.24, 2.45) is 0 Å². The summed E-state index contributed by atoms with van der Waals surface area (Å²) in [5.74, 6) is 0.871. The topological polar surface area (TPSA) is 87.8 Å². The first-order chi connectivity index (χ1) is 17.4. The van der Waals surface area contributed by atoms with Crippen molar-refractivity contribution in [3.05, 3.63) is 102 Å². The van der Waals surface area contributed by atoms with E-state index in [0.717, 1.165) is 17.1 Å². The molecule has 1 saturated heterocycles. The summed E-state index contributed by atoms with van der Waals surface area (Å²) in [6, 6.07) is 23.3. The second-order valence-electron chi connectivity index (χ2n) is 8.71. The molecule has 1 fully saturated rings. The average molecular weight is 500 g/mol. The fourth-order valence-electron chi connectivity index (χ4n) is 4.42. The third kappa shape index (κ3) is 4.55. The van der Waals surface area contributed by atoms with Crippen LogP contribution in [0.25, 0.3) is 11.3 Å². The summed E-state index contributed by atoms with van der Waals surface area (Å²) in [6.07, 6.45) is 1.82. The number of pyridine rings is 1. The van der Waals surface area contributed by atoms with Crippen LogP contribution >= 0.6 is 12.2 Å². The molecule has 182 valence electrons. The van der Waals surface area contributed by atoms with Crippen LogP contribution in [0.1, 0.15) is 47.7 Å². The monoisotopic (exact) mass is 499 g/mol. The molecule has 0 aliphatic carbocycles. The zero-order valence-electron chi connectivity index (χ0n) is 19.8. The van der Waals surface area contributed by atoms with Crippen LogP contribution in [0.4, 0.5) is 5.69 Å². The lowest BCUT2D eigenvalue weighted by Crippen LogP contribution is -2.29. The number of hydrogen-bond acceptors (Lipinski definition) is 5. The van der Waals surface area contributed by atoms with Crippen molar-refractivity contribution < 1.29 is 19.1 Å². The summed E-state index contributed by atoms with van der Waals surface area (Å²) in [4.78, 5) is 18.3. The Bertz CT molecular complexity index is 1390. The normalized spacial score (nSPS) is 17.3. The summed E-state index contributed by atoms with van der Waals surface area (Å²) in [6.45, 7) is 3.97. The minimum absolute atomic E-state index is 0.0712. The van der Waals surface area contributed by atoms with Crippen molar-refractivity contribution in [1.82, 2.24) is 10.3 Å². The summed E-state index contributed by atoms with van der Waals surface area (Å²) in [7, 11) is 0. The predicted octanol–water partition coefficient (Wildman–Crippen LogP) is 6.00. The number of carboxylic acid groups (broad SMARTS) is 1. The van der Waals surface area contributed by atoms with E-state index in [-0.39, 0.29) is 23.8 Å². The SMILES string of the molecule is CC(C)Oc1ccc(N2C(=S)NC(c3ccccn3)C2c2ccc(-c3ccccc3C(=O)O)o2)cc1. The molecular formula is C28H25N3O4S. The molecule has 1 aliphatic rings. The van der Waals surface area contributed by atoms with Crippen molar-refractivity contribution in [3.8, 4) is 17.1 Å². The maximum atomic E-state index is 11.8. The van der Waals surface area contributed by atoms with Gasteiger partial charge < -0.3 is 24.5 Å². The van der Waals surface area contributed by atoms with E-state index in [0.29, 0.717) is 22.2 Å². The first-order valence-corrected chi connectivity index (χ1v) is 12.0. The minimum Gasteiger partial charge on any atom is -0.491 e. The largest absolute Gasteiger partial charge is 0.491 e. The number of hydrogen-bond donors (Lipinski definition) is 2. The highest BCUT2D eigenvalue weighted by atomic mass is 32.1. The van der Waals surface area contributed by atoms with Gasteiger partial charge in [0.2, 0.25) is 0 Å². The molecule has 0 amide bonds. The quantitative estimate of drug-likeness (QED) is 0.299. The number of rotatable bonds is 7. The molecule has 2 atom stereocenters. The van der Waals surface area contributed by atoms with Gasteiger partial charge in [0.25, 0.3) is 0 Å². The lowest BCUT2D eigenvalue weighted by atomic mass is 10.0. The number of aromatic nitrogens is 1. The molecule has 2 aromatic heterocycles. The maximum Gasteiger partial charge on any atom is 0.336 e. The number of aromatic carboxylic acids is 1. The Labute approximate surface area is 214 Å². The summed E-state index contributed by atoms with van der Waals surface area (Å²) in [5, 5.41) is 13.6. The Balaban J connectivity index is 1.57. The van der Waals surface area contributed by atoms with E-state index in [4.69, 9.17) is 21.4 Å². The van der Waals surface area contributed by atoms with Gasteiger partial charge in [-0.25, -0.2) is 4.79 Å². The van der Waals surface area contributed by atoms with Gasteiger partial charge in [0.15, 0.2) is 5.11 Å². The molecule has 2 N–H and O–H groups in total. The van der Waals surface area contributed by atoms with E-state index >= 15 is 0 Å². The Morgan fingerprint density at radius 3 is 2.50 bits per heavy atom. The number of anilines is 1. The zero-order valence-corrected chi connectivity index (χ0v) is 20.6. The van der Waals surface area contributed by atoms with Crippen molar-refractivity contribution in [2.75, 3.05) is 4.90 Å². The Kier molecular flexibility index (Phi) is 6.43. The van der Waals surface area contributed by atoms with Gasteiger partial charge in [-0.2, -0.15) is 0 Å². The number of benzene rings is 2. The van der Waals surface area contributed by atoms with Gasteiger partial charge in [-0.05, 0) is 80.7 Å². The van der Waals surface area contributed by atoms with Gasteiger partial charge in [-0.3, -0.25) is 4.98 Å². The molecule has 5 rings (SSSR count). The third-order valence-corrected chi connectivity index (χ3v) is 6.24. The van der Waals surface area contributed by atoms with Crippen LogP contribution in [0.15, 0.2) is 89.5 Å². The summed E-state index contributed by atoms with van der Waals surface area (Å²) in [5.41, 5.74) is 2.38. The predicted molar refractivity (Wildman–Crippen MR) is 141 cm³/mol. The number of carboxylic acids is 1. The molecule has 7 nitrogen and oxygen atoms in total. The number of thiocarbonyl (C=S) groups is 1. The first kappa shape index (κ1) is 23.6. The fraction of sp³-hybridized carbons (Fsp3) is 0.179. The van der Waals surface area contributed by atoms with Crippen molar-refractivity contribution >= 4 is 29.0 Å². The van der Waals surface area contributed by atoms with Crippen LogP contribution in [-0.4, -0.2) is 27.3 Å². The van der Waals surface area contributed by atoms with E-state index in [1.165, 1.54) is 0 Å². The van der Waals surface area contributed by atoms with Gasteiger partial charge in [0, 0.05) is 17.4 Å². The molecule has 1 aliphatic heterocycles. The summed E-state index contributed by atoms with van der Waals surface area (Å²) < 4.78 is 12.1. The number of carbonyl (C=O) groups is 1. The molecule has 8 heteroatoms. The Hall–Kier alpha value is -4.17. The van der Waals surface area contributed by atoms with E-state index in [9.17, 15) is 9.90 Å². The van der Waals surface area contributed by atoms with Crippen molar-refractivity contribution in [1.29, 1.82) is 0 Å². The lowest BCUT2D eigenvalue weighted by Gasteiger charge is -2.26. The highest BCUT2D eigenvalue weighted by molar-refractivity contribution is 7.80. The number of ether oxygens (including phenoxy) is 1. The smallest absolute Gasteiger partial charge is 0.336 e. The van der Waals surface area contributed by atoms with Crippen LogP contribution in [0, 0.1) is 0 Å². The van der Waals surface area contributed by atoms with Crippen LogP contribution in [0.2, 0.25) is 0 Å². The van der Waals surface area contributed by atoms with E-state index < -0.39 is 5.97 Å². The third-order valence-electron chi connectivity index (χ3n) is 5.93. The van der Waals surface area contributed by atoms with Crippen molar-refractivity contribution in [2.45, 2.75) is 32.0 Å². The molecule has 0 bridgehead atoms. The van der Waals surface area contributed by atoms with E-state index in [1.54, 1.807) is 36.5 Å². The van der Waals surface area contributed by atoms with Crippen LogP contribution in [-0.2, 0) is 0 Å². The molecular weight excluding hydrogens is 474 g/mol. The second kappa shape index (κ2) is 9.83. The first-order valence-electron chi connectivity index (χ1n) is 11.6. The Morgan fingerprint density at radius 1 is 1.06 bits per heavy atom. The van der Waals surface area contributed by atoms with Gasteiger partial charge in [0.05, 0.1) is 23.4 Å². The molecule has 2 unspecified atom stereocenters. The zero-order chi connectivity index (χ0) is 25.2. The fourth-order valence-corrected chi connectivity index (χ4v) is 4.77. The van der Waals surface area contributed by atoms with Crippen molar-refractivity contribution in [3.63, 3.8) is 0 Å². The molecule has 0 saturated carbocycles. The molecule has 3 heterocycles. The lowest BCUT2D eigenvalue weighted by molar-refractivity contribution is 0.0697. The highest BCUT2D eigenvalue weighted by Crippen LogP contribution is 2.43.